The van der Waals surface area contributed by atoms with E-state index in [1.807, 2.05) is 18.4 Å². The normalized spacial score (nSPS) is 9.65. The maximum absolute atomic E-state index is 12.0. The van der Waals surface area contributed by atoms with Gasteiger partial charge in [0, 0.05) is 5.38 Å². The lowest BCUT2D eigenvalue weighted by Gasteiger charge is -2.06. The van der Waals surface area contributed by atoms with Crippen molar-refractivity contribution in [3.05, 3.63) is 51.7 Å². The summed E-state index contributed by atoms with van der Waals surface area (Å²) >= 11 is 1.49. The van der Waals surface area contributed by atoms with E-state index in [2.05, 4.69) is 5.32 Å². The third-order valence-electron chi connectivity index (χ3n) is 2.40. The number of anilines is 1. The minimum atomic E-state index is -0.175. The van der Waals surface area contributed by atoms with Gasteiger partial charge < -0.3 is 5.32 Å². The first-order valence-corrected chi connectivity index (χ1v) is 6.00. The van der Waals surface area contributed by atoms with Crippen LogP contribution in [0.5, 0.6) is 0 Å². The van der Waals surface area contributed by atoms with Crippen LogP contribution in [0, 0.1) is 18.3 Å². The van der Waals surface area contributed by atoms with Crippen LogP contribution in [0.3, 0.4) is 0 Å². The van der Waals surface area contributed by atoms with E-state index in [9.17, 15) is 4.79 Å². The van der Waals surface area contributed by atoms with E-state index in [0.29, 0.717) is 16.8 Å². The van der Waals surface area contributed by atoms with E-state index in [1.165, 1.54) is 11.3 Å². The summed E-state index contributed by atoms with van der Waals surface area (Å²) in [6.45, 7) is 1.89. The van der Waals surface area contributed by atoms with Gasteiger partial charge in [0.2, 0.25) is 0 Å². The average Bonchev–Trinajstić information content (AvgIpc) is 2.76. The molecule has 0 saturated carbocycles. The largest absolute Gasteiger partial charge is 0.321 e. The zero-order valence-corrected chi connectivity index (χ0v) is 10.0. The highest BCUT2D eigenvalue weighted by Gasteiger charge is 2.11. The van der Waals surface area contributed by atoms with E-state index in [1.54, 1.807) is 29.6 Å². The number of nitrogens with zero attached hydrogens (tertiary/aromatic N) is 1. The summed E-state index contributed by atoms with van der Waals surface area (Å²) < 4.78 is 0. The lowest BCUT2D eigenvalue weighted by atomic mass is 10.1. The standard InChI is InChI=1S/C13H10N2OS/c1-9-7-17-8-11(9)13(16)15-12-5-3-2-4-10(12)6-14/h2-5,7-8H,1H3,(H,15,16). The Morgan fingerprint density at radius 3 is 2.76 bits per heavy atom. The van der Waals surface area contributed by atoms with Crippen LogP contribution in [0.1, 0.15) is 21.5 Å². The highest BCUT2D eigenvalue weighted by atomic mass is 32.1. The van der Waals surface area contributed by atoms with E-state index in [0.717, 1.165) is 5.56 Å². The summed E-state index contributed by atoms with van der Waals surface area (Å²) in [6, 6.07) is 9.00. The van der Waals surface area contributed by atoms with E-state index in [-0.39, 0.29) is 5.91 Å². The molecule has 0 atom stereocenters. The Hall–Kier alpha value is -2.12. The number of benzene rings is 1. The number of nitrogens with one attached hydrogen (secondary N) is 1. The van der Waals surface area contributed by atoms with Crippen molar-refractivity contribution in [1.82, 2.24) is 0 Å². The maximum atomic E-state index is 12.0. The van der Waals surface area contributed by atoms with E-state index >= 15 is 0 Å². The number of hydrogen-bond donors (Lipinski definition) is 1. The Bertz CT molecular complexity index is 595. The predicted molar refractivity (Wildman–Crippen MR) is 68.2 cm³/mol. The van der Waals surface area contributed by atoms with Crippen LogP contribution in [0.15, 0.2) is 35.0 Å². The first kappa shape index (κ1) is 11.4. The first-order valence-electron chi connectivity index (χ1n) is 5.05. The molecule has 1 N–H and O–H groups in total. The van der Waals surface area contributed by atoms with Crippen LogP contribution in [0.25, 0.3) is 0 Å². The smallest absolute Gasteiger partial charge is 0.256 e. The van der Waals surface area contributed by atoms with Gasteiger partial charge in [0.15, 0.2) is 0 Å². The Labute approximate surface area is 103 Å². The molecule has 1 amide bonds. The van der Waals surface area contributed by atoms with Crippen LogP contribution >= 0.6 is 11.3 Å². The number of carbonyl (C=O) groups is 1. The third-order valence-corrected chi connectivity index (χ3v) is 3.26. The molecule has 1 aromatic carbocycles. The molecule has 4 heteroatoms. The summed E-state index contributed by atoms with van der Waals surface area (Å²) in [4.78, 5) is 12.0. The van der Waals surface area contributed by atoms with Crippen molar-refractivity contribution in [2.24, 2.45) is 0 Å². The van der Waals surface area contributed by atoms with Crippen molar-refractivity contribution in [1.29, 1.82) is 5.26 Å². The van der Waals surface area contributed by atoms with Gasteiger partial charge in [0.25, 0.3) is 5.91 Å². The van der Waals surface area contributed by atoms with Gasteiger partial charge >= 0.3 is 0 Å². The van der Waals surface area contributed by atoms with Crippen LogP contribution in [0.4, 0.5) is 5.69 Å². The van der Waals surface area contributed by atoms with Crippen molar-refractivity contribution in [3.63, 3.8) is 0 Å². The lowest BCUT2D eigenvalue weighted by Crippen LogP contribution is -2.12. The number of rotatable bonds is 2. The molecule has 0 fully saturated rings. The molecule has 0 aliphatic rings. The molecular weight excluding hydrogens is 232 g/mol. The second-order valence-electron chi connectivity index (χ2n) is 3.58. The number of thiophene rings is 1. The average molecular weight is 242 g/mol. The van der Waals surface area contributed by atoms with E-state index < -0.39 is 0 Å². The number of aryl methyl sites for hydroxylation is 1. The number of hydrogen-bond acceptors (Lipinski definition) is 3. The Morgan fingerprint density at radius 2 is 2.12 bits per heavy atom. The van der Waals surface area contributed by atoms with Gasteiger partial charge in [-0.2, -0.15) is 16.6 Å². The molecular formula is C13H10N2OS. The number of carbonyl (C=O) groups excluding carboxylic acids is 1. The molecule has 0 spiro atoms. The zero-order valence-electron chi connectivity index (χ0n) is 9.23. The summed E-state index contributed by atoms with van der Waals surface area (Å²) in [6.07, 6.45) is 0. The van der Waals surface area contributed by atoms with Crippen molar-refractivity contribution in [3.8, 4) is 6.07 Å². The SMILES string of the molecule is Cc1cscc1C(=O)Nc1ccccc1C#N. The lowest BCUT2D eigenvalue weighted by molar-refractivity contribution is 0.102. The molecule has 0 radical (unpaired) electrons. The monoisotopic (exact) mass is 242 g/mol. The number of para-hydroxylation sites is 1. The summed E-state index contributed by atoms with van der Waals surface area (Å²) in [5, 5.41) is 15.4. The highest BCUT2D eigenvalue weighted by molar-refractivity contribution is 7.08. The van der Waals surface area contributed by atoms with Crippen molar-refractivity contribution < 1.29 is 4.79 Å². The van der Waals surface area contributed by atoms with Crippen molar-refractivity contribution in [2.45, 2.75) is 6.92 Å². The van der Waals surface area contributed by atoms with Gasteiger partial charge in [0.1, 0.15) is 6.07 Å². The molecule has 84 valence electrons. The predicted octanol–water partition coefficient (Wildman–Crippen LogP) is 3.18. The zero-order chi connectivity index (χ0) is 12.3. The van der Waals surface area contributed by atoms with Gasteiger partial charge in [-0.1, -0.05) is 12.1 Å². The molecule has 1 aromatic heterocycles. The fourth-order valence-electron chi connectivity index (χ4n) is 1.47. The number of amides is 1. The minimum Gasteiger partial charge on any atom is -0.321 e. The van der Waals surface area contributed by atoms with Gasteiger partial charge in [0.05, 0.1) is 16.8 Å². The molecule has 0 aliphatic heterocycles. The summed E-state index contributed by atoms with van der Waals surface area (Å²) in [7, 11) is 0. The molecule has 0 unspecified atom stereocenters. The molecule has 1 heterocycles. The summed E-state index contributed by atoms with van der Waals surface area (Å²) in [5.74, 6) is -0.175. The fraction of sp³-hybridized carbons (Fsp3) is 0.0769. The van der Waals surface area contributed by atoms with Gasteiger partial charge in [-0.25, -0.2) is 0 Å². The van der Waals surface area contributed by atoms with Crippen LogP contribution < -0.4 is 5.32 Å². The van der Waals surface area contributed by atoms with Crippen LogP contribution in [-0.4, -0.2) is 5.91 Å². The fourth-order valence-corrected chi connectivity index (χ4v) is 2.30. The molecule has 0 aliphatic carbocycles. The second kappa shape index (κ2) is 4.81. The van der Waals surface area contributed by atoms with Gasteiger partial charge in [-0.3, -0.25) is 4.79 Å². The molecule has 0 bridgehead atoms. The summed E-state index contributed by atoms with van der Waals surface area (Å²) in [5.41, 5.74) is 2.61. The Morgan fingerprint density at radius 1 is 1.35 bits per heavy atom. The van der Waals surface area contributed by atoms with Gasteiger partial charge in [-0.05, 0) is 30.0 Å². The number of nitriles is 1. The molecule has 3 nitrogen and oxygen atoms in total. The van der Waals surface area contributed by atoms with Gasteiger partial charge in [-0.15, -0.1) is 0 Å². The molecule has 2 rings (SSSR count). The molecule has 0 saturated heterocycles. The maximum Gasteiger partial charge on any atom is 0.256 e. The third kappa shape index (κ3) is 2.35. The van der Waals surface area contributed by atoms with Crippen molar-refractivity contribution in [2.75, 3.05) is 5.32 Å². The van der Waals surface area contributed by atoms with Crippen LogP contribution in [0.2, 0.25) is 0 Å². The van der Waals surface area contributed by atoms with Crippen LogP contribution in [-0.2, 0) is 0 Å². The second-order valence-corrected chi connectivity index (χ2v) is 4.32. The Balaban J connectivity index is 2.26. The highest BCUT2D eigenvalue weighted by Crippen LogP contribution is 2.18. The van der Waals surface area contributed by atoms with Crippen molar-refractivity contribution >= 4 is 22.9 Å². The first-order chi connectivity index (χ1) is 8.22. The quantitative estimate of drug-likeness (QED) is 0.879. The minimum absolute atomic E-state index is 0.175. The molecule has 17 heavy (non-hydrogen) atoms. The Kier molecular flexibility index (Phi) is 3.22. The molecule has 2 aromatic rings. The topological polar surface area (TPSA) is 52.9 Å². The van der Waals surface area contributed by atoms with E-state index in [4.69, 9.17) is 5.26 Å².